The smallest absolute Gasteiger partial charge is 0.417 e. The zero-order chi connectivity index (χ0) is 21.3. The summed E-state index contributed by atoms with van der Waals surface area (Å²) in [6.45, 7) is 3.87. The number of likely N-dealkylation sites (tertiary alicyclic amines) is 1. The molecule has 2 aliphatic rings. The summed E-state index contributed by atoms with van der Waals surface area (Å²) in [4.78, 5) is 10.1. The first-order chi connectivity index (χ1) is 14.3. The van der Waals surface area contributed by atoms with E-state index in [1.165, 1.54) is 12.1 Å². The van der Waals surface area contributed by atoms with Gasteiger partial charge in [0.2, 0.25) is 5.88 Å². The first-order valence-corrected chi connectivity index (χ1v) is 9.71. The number of alkyl halides is 3. The monoisotopic (exact) mass is 427 g/mol. The molecule has 0 radical (unpaired) electrons. The summed E-state index contributed by atoms with van der Waals surface area (Å²) in [6, 6.07) is 3.22. The molecule has 0 bridgehead atoms. The quantitative estimate of drug-likeness (QED) is 0.688. The van der Waals surface area contributed by atoms with E-state index in [1.807, 2.05) is 6.92 Å². The van der Waals surface area contributed by atoms with Gasteiger partial charge in [-0.15, -0.1) is 0 Å². The zero-order valence-electron chi connectivity index (χ0n) is 16.3. The molecule has 6 nitrogen and oxygen atoms in total. The minimum atomic E-state index is -4.43. The summed E-state index contributed by atoms with van der Waals surface area (Å²) < 4.78 is 68.9. The Morgan fingerprint density at radius 1 is 1.17 bits per heavy atom. The molecule has 2 aliphatic heterocycles. The van der Waals surface area contributed by atoms with Crippen molar-refractivity contribution in [3.8, 4) is 17.5 Å². The van der Waals surface area contributed by atoms with Gasteiger partial charge in [0, 0.05) is 31.4 Å². The number of rotatable bonds is 4. The Labute approximate surface area is 170 Å². The molecular formula is C20H21F4N3O3. The van der Waals surface area contributed by atoms with E-state index in [-0.39, 0.29) is 18.0 Å². The fraction of sp³-hybridized carbons (Fsp3) is 0.500. The van der Waals surface area contributed by atoms with Crippen molar-refractivity contribution >= 4 is 0 Å². The Morgan fingerprint density at radius 3 is 2.57 bits per heavy atom. The van der Waals surface area contributed by atoms with E-state index in [0.717, 1.165) is 12.3 Å². The van der Waals surface area contributed by atoms with Crippen LogP contribution in [0.4, 0.5) is 17.6 Å². The molecule has 162 valence electrons. The largest absolute Gasteiger partial charge is 0.484 e. The number of ether oxygens (including phenoxy) is 3. The first-order valence-electron chi connectivity index (χ1n) is 9.71. The maximum atomic E-state index is 14.5. The van der Waals surface area contributed by atoms with Gasteiger partial charge in [-0.25, -0.2) is 14.4 Å². The Bertz CT molecular complexity index is 884. The van der Waals surface area contributed by atoms with Crippen LogP contribution in [0.25, 0.3) is 0 Å². The number of hydrogen-bond acceptors (Lipinski definition) is 6. The molecule has 1 saturated heterocycles. The standard InChI is InChI=1S/C20H21F4N3O3/c1-12(18-15(21)10-16-19(26-18)29-9-8-28-16)27-6-4-14(5-7-27)30-17-3-2-13(11-25-17)20(22,23)24/h2-3,10-12,14H,4-9H2,1H3. The van der Waals surface area contributed by atoms with Crippen LogP contribution in [0.15, 0.2) is 24.4 Å². The lowest BCUT2D eigenvalue weighted by Gasteiger charge is -2.35. The predicted octanol–water partition coefficient (Wildman–Crippen LogP) is 4.01. The summed E-state index contributed by atoms with van der Waals surface area (Å²) in [7, 11) is 0. The van der Waals surface area contributed by atoms with E-state index in [0.29, 0.717) is 56.5 Å². The Hall–Kier alpha value is -2.62. The molecule has 2 aromatic rings. The van der Waals surface area contributed by atoms with Gasteiger partial charge >= 0.3 is 6.18 Å². The van der Waals surface area contributed by atoms with Gasteiger partial charge in [-0.3, -0.25) is 4.90 Å². The van der Waals surface area contributed by atoms with Crippen molar-refractivity contribution in [1.29, 1.82) is 0 Å². The van der Waals surface area contributed by atoms with E-state index in [4.69, 9.17) is 14.2 Å². The number of pyridine rings is 2. The topological polar surface area (TPSA) is 56.7 Å². The predicted molar refractivity (Wildman–Crippen MR) is 98.1 cm³/mol. The Balaban J connectivity index is 1.35. The number of aromatic nitrogens is 2. The summed E-state index contributed by atoms with van der Waals surface area (Å²) >= 11 is 0. The van der Waals surface area contributed by atoms with Crippen LogP contribution < -0.4 is 14.2 Å². The van der Waals surface area contributed by atoms with Crippen LogP contribution in [0.1, 0.15) is 37.1 Å². The molecule has 4 heterocycles. The molecule has 30 heavy (non-hydrogen) atoms. The van der Waals surface area contributed by atoms with Crippen molar-refractivity contribution in [2.24, 2.45) is 0 Å². The zero-order valence-corrected chi connectivity index (χ0v) is 16.3. The maximum absolute atomic E-state index is 14.5. The van der Waals surface area contributed by atoms with Gasteiger partial charge in [0.05, 0.1) is 17.3 Å². The molecule has 2 aromatic heterocycles. The average Bonchev–Trinajstić information content (AvgIpc) is 2.73. The average molecular weight is 427 g/mol. The second-order valence-corrected chi connectivity index (χ2v) is 7.27. The lowest BCUT2D eigenvalue weighted by molar-refractivity contribution is -0.137. The molecule has 0 N–H and O–H groups in total. The third kappa shape index (κ3) is 4.43. The number of fused-ring (bicyclic) bond motifs is 1. The van der Waals surface area contributed by atoms with E-state index >= 15 is 0 Å². The number of halogens is 4. The highest BCUT2D eigenvalue weighted by Crippen LogP contribution is 2.34. The van der Waals surface area contributed by atoms with Crippen LogP contribution in [0, 0.1) is 5.82 Å². The summed E-state index contributed by atoms with van der Waals surface area (Å²) in [6.07, 6.45) is -2.55. The van der Waals surface area contributed by atoms with Crippen LogP contribution in [0.3, 0.4) is 0 Å². The van der Waals surface area contributed by atoms with Gasteiger partial charge in [-0.1, -0.05) is 0 Å². The van der Waals surface area contributed by atoms with E-state index in [1.54, 1.807) is 0 Å². The van der Waals surface area contributed by atoms with Crippen LogP contribution in [0.2, 0.25) is 0 Å². The molecule has 1 fully saturated rings. The van der Waals surface area contributed by atoms with Gasteiger partial charge in [-0.2, -0.15) is 13.2 Å². The molecule has 0 spiro atoms. The van der Waals surface area contributed by atoms with Crippen LogP contribution in [-0.4, -0.2) is 47.3 Å². The summed E-state index contributed by atoms with van der Waals surface area (Å²) in [5.41, 5.74) is -0.518. The fourth-order valence-corrected chi connectivity index (χ4v) is 3.60. The molecule has 0 aromatic carbocycles. The molecule has 4 rings (SSSR count). The molecule has 0 aliphatic carbocycles. The number of piperidine rings is 1. The lowest BCUT2D eigenvalue weighted by Crippen LogP contribution is -2.40. The highest BCUT2D eigenvalue weighted by molar-refractivity contribution is 5.37. The van der Waals surface area contributed by atoms with Crippen molar-refractivity contribution < 1.29 is 31.8 Å². The van der Waals surface area contributed by atoms with Gasteiger partial charge in [0.25, 0.3) is 5.88 Å². The summed E-state index contributed by atoms with van der Waals surface area (Å²) in [5.74, 6) is 0.329. The highest BCUT2D eigenvalue weighted by Gasteiger charge is 2.31. The lowest BCUT2D eigenvalue weighted by atomic mass is 10.0. The van der Waals surface area contributed by atoms with Crippen molar-refractivity contribution in [2.45, 2.75) is 38.1 Å². The third-order valence-corrected chi connectivity index (χ3v) is 5.29. The van der Waals surface area contributed by atoms with Crippen LogP contribution >= 0.6 is 0 Å². The minimum Gasteiger partial charge on any atom is -0.484 e. The molecule has 1 atom stereocenters. The van der Waals surface area contributed by atoms with Crippen LogP contribution in [0.5, 0.6) is 17.5 Å². The van der Waals surface area contributed by atoms with Gasteiger partial charge in [-0.05, 0) is 25.8 Å². The fourth-order valence-electron chi connectivity index (χ4n) is 3.60. The molecule has 10 heteroatoms. The SMILES string of the molecule is CC(c1nc2c(cc1F)OCCO2)N1CCC(Oc2ccc(C(F)(F)F)cn2)CC1. The van der Waals surface area contributed by atoms with E-state index in [2.05, 4.69) is 14.9 Å². The van der Waals surface area contributed by atoms with Crippen molar-refractivity contribution in [3.05, 3.63) is 41.5 Å². The third-order valence-electron chi connectivity index (χ3n) is 5.29. The van der Waals surface area contributed by atoms with E-state index < -0.39 is 17.6 Å². The Morgan fingerprint density at radius 2 is 1.90 bits per heavy atom. The highest BCUT2D eigenvalue weighted by atomic mass is 19.4. The van der Waals surface area contributed by atoms with Crippen molar-refractivity contribution in [2.75, 3.05) is 26.3 Å². The van der Waals surface area contributed by atoms with Crippen molar-refractivity contribution in [3.63, 3.8) is 0 Å². The second-order valence-electron chi connectivity index (χ2n) is 7.27. The van der Waals surface area contributed by atoms with Gasteiger partial charge in [0.1, 0.15) is 25.1 Å². The number of nitrogens with zero attached hydrogens (tertiary/aromatic N) is 3. The van der Waals surface area contributed by atoms with E-state index in [9.17, 15) is 17.6 Å². The second kappa shape index (κ2) is 8.25. The normalized spacial score (nSPS) is 18.8. The first kappa shape index (κ1) is 20.6. The molecule has 1 unspecified atom stereocenters. The summed E-state index contributed by atoms with van der Waals surface area (Å²) in [5, 5.41) is 0. The van der Waals surface area contributed by atoms with Gasteiger partial charge in [0.15, 0.2) is 5.75 Å². The van der Waals surface area contributed by atoms with Gasteiger partial charge < -0.3 is 14.2 Å². The Kier molecular flexibility index (Phi) is 5.68. The minimum absolute atomic E-state index is 0.161. The molecule has 0 amide bonds. The number of hydrogen-bond donors (Lipinski definition) is 0. The maximum Gasteiger partial charge on any atom is 0.417 e. The molecule has 0 saturated carbocycles. The molecular weight excluding hydrogens is 406 g/mol. The van der Waals surface area contributed by atoms with Crippen LogP contribution in [-0.2, 0) is 6.18 Å². The van der Waals surface area contributed by atoms with Crippen molar-refractivity contribution in [1.82, 2.24) is 14.9 Å².